The minimum Gasteiger partial charge on any atom is -0.508 e. The lowest BCUT2D eigenvalue weighted by atomic mass is 10.1. The topological polar surface area (TPSA) is 98.7 Å². The van der Waals surface area contributed by atoms with E-state index in [9.17, 15) is 13.5 Å². The van der Waals surface area contributed by atoms with Crippen molar-refractivity contribution in [3.63, 3.8) is 0 Å². The summed E-state index contributed by atoms with van der Waals surface area (Å²) in [5.74, 6) is 0.632. The number of hydrogen-bond acceptors (Lipinski definition) is 7. The van der Waals surface area contributed by atoms with E-state index in [-0.39, 0.29) is 5.75 Å². The molecule has 8 nitrogen and oxygen atoms in total. The number of aromatic hydroxyl groups is 1. The van der Waals surface area contributed by atoms with Crippen molar-refractivity contribution in [1.29, 1.82) is 0 Å². The average molecular weight is 508 g/mol. The molecular weight excluding hydrogens is 474 g/mol. The molecule has 0 bridgehead atoms. The van der Waals surface area contributed by atoms with Crippen molar-refractivity contribution in [3.05, 3.63) is 71.0 Å². The molecule has 2 heterocycles. The zero-order valence-corrected chi connectivity index (χ0v) is 21.8. The summed E-state index contributed by atoms with van der Waals surface area (Å²) >= 11 is 0. The molecule has 0 saturated carbocycles. The van der Waals surface area contributed by atoms with Crippen LogP contribution in [0.5, 0.6) is 5.75 Å². The molecule has 2 N–H and O–H groups in total. The van der Waals surface area contributed by atoms with Gasteiger partial charge in [-0.15, -0.1) is 0 Å². The Balaban J connectivity index is 1.43. The lowest BCUT2D eigenvalue weighted by Crippen LogP contribution is -2.35. The first kappa shape index (κ1) is 25.8. The molecule has 2 aromatic carbocycles. The number of phenolic OH excluding ortho intramolecular Hbond substituents is 1. The zero-order valence-electron chi connectivity index (χ0n) is 21.0. The molecule has 3 aromatic rings. The number of sulfonamides is 1. The van der Waals surface area contributed by atoms with Crippen LogP contribution in [0.4, 0.5) is 11.6 Å². The molecule has 1 saturated heterocycles. The lowest BCUT2D eigenvalue weighted by molar-refractivity contribution is 0.310. The molecule has 0 amide bonds. The van der Waals surface area contributed by atoms with Crippen molar-refractivity contribution in [2.45, 2.75) is 31.6 Å². The number of rotatable bonds is 9. The summed E-state index contributed by atoms with van der Waals surface area (Å²) in [6.07, 6.45) is 9.51. The molecule has 0 aliphatic carbocycles. The predicted octanol–water partition coefficient (Wildman–Crippen LogP) is 4.43. The molecule has 1 aliphatic heterocycles. The van der Waals surface area contributed by atoms with Crippen molar-refractivity contribution in [2.24, 2.45) is 0 Å². The Hall–Kier alpha value is -3.27. The minimum atomic E-state index is -3.59. The number of benzene rings is 2. The number of nitrogens with one attached hydrogen (secondary N) is 1. The molecule has 4 rings (SSSR count). The van der Waals surface area contributed by atoms with Gasteiger partial charge in [-0.3, -0.25) is 0 Å². The molecule has 0 unspecified atom stereocenters. The van der Waals surface area contributed by atoms with Gasteiger partial charge in [0.1, 0.15) is 5.75 Å². The third kappa shape index (κ3) is 6.29. The van der Waals surface area contributed by atoms with Crippen LogP contribution in [0.25, 0.3) is 12.2 Å². The Kier molecular flexibility index (Phi) is 8.03. The van der Waals surface area contributed by atoms with Crippen LogP contribution in [-0.2, 0) is 10.0 Å². The van der Waals surface area contributed by atoms with Gasteiger partial charge in [0.2, 0.25) is 16.0 Å². The number of anilines is 2. The number of hydrogen-bond donors (Lipinski definition) is 2. The van der Waals surface area contributed by atoms with E-state index in [2.05, 4.69) is 20.2 Å². The van der Waals surface area contributed by atoms with Crippen LogP contribution in [0, 0.1) is 13.8 Å². The third-order valence-corrected chi connectivity index (χ3v) is 8.49. The molecule has 0 radical (unpaired) electrons. The van der Waals surface area contributed by atoms with Gasteiger partial charge in [0.15, 0.2) is 0 Å². The Bertz CT molecular complexity index is 1310. The van der Waals surface area contributed by atoms with Gasteiger partial charge in [0.05, 0.1) is 4.90 Å². The van der Waals surface area contributed by atoms with E-state index in [1.807, 2.05) is 44.2 Å². The first-order valence-corrected chi connectivity index (χ1v) is 13.5. The normalized spacial score (nSPS) is 14.7. The van der Waals surface area contributed by atoms with Crippen LogP contribution < -0.4 is 5.32 Å². The fourth-order valence-electron chi connectivity index (χ4n) is 4.43. The van der Waals surface area contributed by atoms with E-state index in [4.69, 9.17) is 0 Å². The number of likely N-dealkylation sites (N-methyl/N-ethyl adjacent to an activating group) is 1. The number of likely N-dealkylation sites (tertiary alicyclic amines) is 1. The van der Waals surface area contributed by atoms with Crippen molar-refractivity contribution >= 4 is 33.8 Å². The molecule has 1 aliphatic rings. The number of phenols is 1. The standard InChI is InChI=1S/C27H33N5O3S/c1-20-15-24(16-21(2)26(20)36(34,35)31(3)13-14-32-11-4-5-12-32)30-27-28-18-23(19-29-27)10-9-22-7-6-8-25(33)17-22/h6-10,15-19,33H,4-5,11-14H2,1-3H3,(H,28,29,30)/b10-9+. The highest BCUT2D eigenvalue weighted by molar-refractivity contribution is 7.89. The van der Waals surface area contributed by atoms with Gasteiger partial charge >= 0.3 is 0 Å². The first-order chi connectivity index (χ1) is 17.2. The monoisotopic (exact) mass is 507 g/mol. The fraction of sp³-hybridized carbons (Fsp3) is 0.333. The number of aromatic nitrogens is 2. The third-order valence-electron chi connectivity index (χ3n) is 6.32. The molecule has 0 atom stereocenters. The highest BCUT2D eigenvalue weighted by Crippen LogP contribution is 2.28. The minimum absolute atomic E-state index is 0.214. The summed E-state index contributed by atoms with van der Waals surface area (Å²) in [6, 6.07) is 10.6. The van der Waals surface area contributed by atoms with Crippen LogP contribution in [0.3, 0.4) is 0 Å². The van der Waals surface area contributed by atoms with Crippen LogP contribution >= 0.6 is 0 Å². The second-order valence-corrected chi connectivity index (χ2v) is 11.2. The molecular formula is C27H33N5O3S. The van der Waals surface area contributed by atoms with Crippen molar-refractivity contribution in [3.8, 4) is 5.75 Å². The number of aryl methyl sites for hydroxylation is 2. The Morgan fingerprint density at radius 3 is 2.31 bits per heavy atom. The van der Waals surface area contributed by atoms with E-state index in [1.54, 1.807) is 37.6 Å². The van der Waals surface area contributed by atoms with E-state index >= 15 is 0 Å². The van der Waals surface area contributed by atoms with Gasteiger partial charge < -0.3 is 15.3 Å². The molecule has 1 fully saturated rings. The van der Waals surface area contributed by atoms with E-state index in [1.165, 1.54) is 17.1 Å². The van der Waals surface area contributed by atoms with Gasteiger partial charge in [-0.2, -0.15) is 4.31 Å². The van der Waals surface area contributed by atoms with Gasteiger partial charge in [-0.05, 0) is 80.7 Å². The molecule has 9 heteroatoms. The highest BCUT2D eigenvalue weighted by atomic mass is 32.2. The van der Waals surface area contributed by atoms with E-state index < -0.39 is 10.0 Å². The van der Waals surface area contributed by atoms with Crippen molar-refractivity contribution in [1.82, 2.24) is 19.2 Å². The van der Waals surface area contributed by atoms with Crippen LogP contribution in [-0.4, -0.2) is 65.9 Å². The summed E-state index contributed by atoms with van der Waals surface area (Å²) in [6.45, 7) is 6.95. The molecule has 190 valence electrons. The summed E-state index contributed by atoms with van der Waals surface area (Å²) in [5, 5.41) is 12.7. The first-order valence-electron chi connectivity index (χ1n) is 12.1. The van der Waals surface area contributed by atoms with Gasteiger partial charge in [-0.25, -0.2) is 18.4 Å². The van der Waals surface area contributed by atoms with Gasteiger partial charge in [0, 0.05) is 43.8 Å². The summed E-state index contributed by atoms with van der Waals surface area (Å²) in [4.78, 5) is 11.4. The molecule has 0 spiro atoms. The quantitative estimate of drug-likeness (QED) is 0.442. The van der Waals surface area contributed by atoms with E-state index in [0.717, 1.165) is 36.4 Å². The maximum atomic E-state index is 13.3. The largest absolute Gasteiger partial charge is 0.508 e. The Morgan fingerprint density at radius 1 is 1.03 bits per heavy atom. The predicted molar refractivity (Wildman–Crippen MR) is 144 cm³/mol. The summed E-state index contributed by atoms with van der Waals surface area (Å²) in [7, 11) is -1.94. The highest BCUT2D eigenvalue weighted by Gasteiger charge is 2.26. The van der Waals surface area contributed by atoms with Crippen LogP contribution in [0.15, 0.2) is 53.7 Å². The van der Waals surface area contributed by atoms with Crippen molar-refractivity contribution in [2.75, 3.05) is 38.5 Å². The molecule has 1 aromatic heterocycles. The average Bonchev–Trinajstić information content (AvgIpc) is 3.35. The fourth-order valence-corrected chi connectivity index (χ4v) is 6.00. The number of nitrogens with zero attached hydrogens (tertiary/aromatic N) is 4. The Morgan fingerprint density at radius 2 is 1.67 bits per heavy atom. The second kappa shape index (κ2) is 11.2. The zero-order chi connectivity index (χ0) is 25.7. The lowest BCUT2D eigenvalue weighted by Gasteiger charge is -2.23. The van der Waals surface area contributed by atoms with E-state index in [0.29, 0.717) is 28.5 Å². The Labute approximate surface area is 213 Å². The SMILES string of the molecule is Cc1cc(Nc2ncc(/C=C/c3cccc(O)c3)cn2)cc(C)c1S(=O)(=O)N(C)CCN1CCCC1. The molecule has 36 heavy (non-hydrogen) atoms. The second-order valence-electron chi connectivity index (χ2n) is 9.21. The van der Waals surface area contributed by atoms with Crippen molar-refractivity contribution < 1.29 is 13.5 Å². The summed E-state index contributed by atoms with van der Waals surface area (Å²) in [5.41, 5.74) is 3.77. The summed E-state index contributed by atoms with van der Waals surface area (Å²) < 4.78 is 28.1. The van der Waals surface area contributed by atoms with Crippen LogP contribution in [0.1, 0.15) is 35.1 Å². The van der Waals surface area contributed by atoms with Gasteiger partial charge in [-0.1, -0.05) is 24.3 Å². The maximum absolute atomic E-state index is 13.3. The smallest absolute Gasteiger partial charge is 0.243 e. The maximum Gasteiger partial charge on any atom is 0.243 e. The van der Waals surface area contributed by atoms with Gasteiger partial charge in [0.25, 0.3) is 0 Å². The van der Waals surface area contributed by atoms with Crippen LogP contribution in [0.2, 0.25) is 0 Å².